The number of benzene rings is 1. The van der Waals surface area contributed by atoms with Crippen molar-refractivity contribution < 1.29 is 19.2 Å². The highest BCUT2D eigenvalue weighted by Crippen LogP contribution is 2.37. The van der Waals surface area contributed by atoms with Crippen LogP contribution in [0.1, 0.15) is 47.1 Å². The molecule has 1 aliphatic heterocycles. The van der Waals surface area contributed by atoms with Gasteiger partial charge in [0, 0.05) is 5.56 Å². The lowest BCUT2D eigenvalue weighted by Gasteiger charge is -2.32. The molecular formula is C16H25BO4. The average Bonchev–Trinajstić information content (AvgIpc) is 2.56. The van der Waals surface area contributed by atoms with E-state index in [4.69, 9.17) is 14.0 Å². The Morgan fingerprint density at radius 2 is 1.62 bits per heavy atom. The second-order valence-corrected chi connectivity index (χ2v) is 7.11. The molecule has 0 radical (unpaired) electrons. The van der Waals surface area contributed by atoms with Gasteiger partial charge in [-0.15, -0.1) is 0 Å². The van der Waals surface area contributed by atoms with Crippen LogP contribution in [0.4, 0.5) is 0 Å². The Morgan fingerprint density at radius 1 is 1.10 bits per heavy atom. The predicted molar refractivity (Wildman–Crippen MR) is 84.0 cm³/mol. The van der Waals surface area contributed by atoms with Crippen LogP contribution in [0.3, 0.4) is 0 Å². The Morgan fingerprint density at radius 3 is 2.05 bits per heavy atom. The van der Waals surface area contributed by atoms with E-state index in [9.17, 15) is 5.11 Å². The Hall–Kier alpha value is -1.04. The first-order valence-electron chi connectivity index (χ1n) is 7.24. The minimum absolute atomic E-state index is 0.382. The summed E-state index contributed by atoms with van der Waals surface area (Å²) in [7, 11) is 1.15. The molecule has 0 spiro atoms. The molecule has 21 heavy (non-hydrogen) atoms. The number of hydrogen-bond donors (Lipinski definition) is 1. The maximum absolute atomic E-state index is 10.3. The maximum Gasteiger partial charge on any atom is 0.494 e. The van der Waals surface area contributed by atoms with Gasteiger partial charge in [0.1, 0.15) is 5.75 Å². The first-order chi connectivity index (χ1) is 9.48. The summed E-state index contributed by atoms with van der Waals surface area (Å²) in [4.78, 5) is 0. The molecule has 0 aromatic heterocycles. The molecule has 1 aliphatic rings. The second-order valence-electron chi connectivity index (χ2n) is 7.11. The molecule has 0 unspecified atom stereocenters. The van der Waals surface area contributed by atoms with Gasteiger partial charge in [0.2, 0.25) is 0 Å². The van der Waals surface area contributed by atoms with E-state index in [0.29, 0.717) is 5.75 Å². The van der Waals surface area contributed by atoms with Gasteiger partial charge < -0.3 is 19.2 Å². The van der Waals surface area contributed by atoms with Gasteiger partial charge in [-0.1, -0.05) is 12.1 Å². The van der Waals surface area contributed by atoms with E-state index in [1.54, 1.807) is 21.0 Å². The fourth-order valence-corrected chi connectivity index (χ4v) is 2.33. The third-order valence-corrected chi connectivity index (χ3v) is 4.41. The first kappa shape index (κ1) is 16.3. The fraction of sp³-hybridized carbons (Fsp3) is 0.625. The van der Waals surface area contributed by atoms with Gasteiger partial charge in [-0.2, -0.15) is 0 Å². The number of aliphatic hydroxyl groups is 1. The lowest BCUT2D eigenvalue weighted by Crippen LogP contribution is -2.41. The monoisotopic (exact) mass is 292 g/mol. The molecule has 0 aliphatic carbocycles. The molecule has 4 nitrogen and oxygen atoms in total. The maximum atomic E-state index is 10.3. The Bertz CT molecular complexity index is 516. The van der Waals surface area contributed by atoms with E-state index < -0.39 is 12.7 Å². The van der Waals surface area contributed by atoms with Crippen molar-refractivity contribution in [1.29, 1.82) is 0 Å². The molecule has 0 bridgehead atoms. The molecule has 1 saturated heterocycles. The van der Waals surface area contributed by atoms with Gasteiger partial charge in [-0.3, -0.25) is 0 Å². The fourth-order valence-electron chi connectivity index (χ4n) is 2.33. The number of rotatable bonds is 3. The van der Waals surface area contributed by atoms with E-state index in [1.165, 1.54) is 0 Å². The van der Waals surface area contributed by atoms with Crippen LogP contribution in [0.25, 0.3) is 0 Å². The van der Waals surface area contributed by atoms with Crippen LogP contribution in [0.15, 0.2) is 18.2 Å². The Labute approximate surface area is 127 Å². The first-order valence-corrected chi connectivity index (χ1v) is 7.24. The van der Waals surface area contributed by atoms with E-state index in [0.717, 1.165) is 11.0 Å². The van der Waals surface area contributed by atoms with E-state index in [2.05, 4.69) is 0 Å². The molecule has 0 amide bonds. The lowest BCUT2D eigenvalue weighted by atomic mass is 9.77. The highest BCUT2D eigenvalue weighted by molar-refractivity contribution is 6.62. The Balaban J connectivity index is 2.39. The third kappa shape index (κ3) is 2.96. The van der Waals surface area contributed by atoms with Gasteiger partial charge >= 0.3 is 7.12 Å². The average molecular weight is 292 g/mol. The SMILES string of the molecule is COc1ccc(B2OC(C)(C)C(C)(C)O2)cc1C(C)(C)O. The molecule has 0 atom stereocenters. The van der Waals surface area contributed by atoms with Gasteiger partial charge in [0.25, 0.3) is 0 Å². The summed E-state index contributed by atoms with van der Waals surface area (Å²) in [6.45, 7) is 11.6. The largest absolute Gasteiger partial charge is 0.496 e. The van der Waals surface area contributed by atoms with Crippen molar-refractivity contribution >= 4 is 12.6 Å². The highest BCUT2D eigenvalue weighted by Gasteiger charge is 2.51. The smallest absolute Gasteiger partial charge is 0.494 e. The number of ether oxygens (including phenoxy) is 1. The van der Waals surface area contributed by atoms with Gasteiger partial charge in [0.05, 0.1) is 23.9 Å². The lowest BCUT2D eigenvalue weighted by molar-refractivity contribution is 0.00578. The summed E-state index contributed by atoms with van der Waals surface area (Å²) in [5.41, 5.74) is -0.159. The van der Waals surface area contributed by atoms with Crippen LogP contribution in [0.5, 0.6) is 5.75 Å². The summed E-state index contributed by atoms with van der Waals surface area (Å²) in [6, 6.07) is 5.64. The molecule has 0 saturated carbocycles. The zero-order chi connectivity index (χ0) is 16.1. The summed E-state index contributed by atoms with van der Waals surface area (Å²) in [5, 5.41) is 10.3. The van der Waals surface area contributed by atoms with Crippen molar-refractivity contribution in [2.45, 2.75) is 58.3 Å². The summed E-state index contributed by atoms with van der Waals surface area (Å²) in [5.74, 6) is 0.655. The molecule has 2 rings (SSSR count). The normalized spacial score (nSPS) is 20.7. The Kier molecular flexibility index (Phi) is 3.89. The third-order valence-electron chi connectivity index (χ3n) is 4.41. The van der Waals surface area contributed by atoms with E-state index in [1.807, 2.05) is 45.9 Å². The van der Waals surface area contributed by atoms with Gasteiger partial charge in [0.15, 0.2) is 0 Å². The zero-order valence-corrected chi connectivity index (χ0v) is 14.0. The van der Waals surface area contributed by atoms with Crippen molar-refractivity contribution in [3.05, 3.63) is 23.8 Å². The molecular weight excluding hydrogens is 267 g/mol. The van der Waals surface area contributed by atoms with Gasteiger partial charge in [-0.05, 0) is 53.1 Å². The van der Waals surface area contributed by atoms with Crippen LogP contribution in [0.2, 0.25) is 0 Å². The van der Waals surface area contributed by atoms with E-state index in [-0.39, 0.29) is 11.2 Å². The van der Waals surface area contributed by atoms with Crippen LogP contribution >= 0.6 is 0 Å². The molecule has 1 heterocycles. The molecule has 1 aromatic carbocycles. The second kappa shape index (κ2) is 5.01. The standard InChI is InChI=1S/C16H25BO4/c1-14(2,18)12-10-11(8-9-13(12)19-7)17-20-15(3,4)16(5,6)21-17/h8-10,18H,1-7H3. The van der Waals surface area contributed by atoms with Crippen molar-refractivity contribution in [2.75, 3.05) is 7.11 Å². The quantitative estimate of drug-likeness (QED) is 0.868. The molecule has 1 aromatic rings. The topological polar surface area (TPSA) is 47.9 Å². The number of hydrogen-bond acceptors (Lipinski definition) is 4. The van der Waals surface area contributed by atoms with Crippen LogP contribution in [-0.4, -0.2) is 30.5 Å². The molecule has 1 fully saturated rings. The minimum atomic E-state index is -0.995. The summed E-state index contributed by atoms with van der Waals surface area (Å²) >= 11 is 0. The minimum Gasteiger partial charge on any atom is -0.496 e. The molecule has 5 heteroatoms. The molecule has 1 N–H and O–H groups in total. The van der Waals surface area contributed by atoms with Crippen LogP contribution in [-0.2, 0) is 14.9 Å². The van der Waals surface area contributed by atoms with Crippen molar-refractivity contribution in [1.82, 2.24) is 0 Å². The van der Waals surface area contributed by atoms with Gasteiger partial charge in [-0.25, -0.2) is 0 Å². The van der Waals surface area contributed by atoms with Crippen molar-refractivity contribution in [3.8, 4) is 5.75 Å². The van der Waals surface area contributed by atoms with Crippen LogP contribution < -0.4 is 10.2 Å². The zero-order valence-electron chi connectivity index (χ0n) is 14.0. The van der Waals surface area contributed by atoms with E-state index >= 15 is 0 Å². The molecule has 116 valence electrons. The van der Waals surface area contributed by atoms with Crippen molar-refractivity contribution in [3.63, 3.8) is 0 Å². The highest BCUT2D eigenvalue weighted by atomic mass is 16.7. The number of methoxy groups -OCH3 is 1. The van der Waals surface area contributed by atoms with Crippen molar-refractivity contribution in [2.24, 2.45) is 0 Å². The predicted octanol–water partition coefficient (Wildman–Crippen LogP) is 2.22. The summed E-state index contributed by atoms with van der Waals surface area (Å²) in [6.07, 6.45) is 0. The van der Waals surface area contributed by atoms with Crippen LogP contribution in [0, 0.1) is 0 Å². The summed E-state index contributed by atoms with van der Waals surface area (Å²) < 4.78 is 17.4.